The third-order valence-electron chi connectivity index (χ3n) is 6.17. The lowest BCUT2D eigenvalue weighted by atomic mass is 9.70. The molecule has 0 bridgehead atoms. The number of hydrogen-bond donors (Lipinski definition) is 2. The predicted molar refractivity (Wildman–Crippen MR) is 121 cm³/mol. The second-order valence-electron chi connectivity index (χ2n) is 8.86. The maximum absolute atomic E-state index is 10.9. The molecule has 0 aliphatic heterocycles. The first kappa shape index (κ1) is 31.3. The highest BCUT2D eigenvalue weighted by atomic mass is 35.5. The van der Waals surface area contributed by atoms with Crippen LogP contribution in [0.25, 0.3) is 0 Å². The van der Waals surface area contributed by atoms with E-state index in [9.17, 15) is 8.42 Å². The Bertz CT molecular complexity index is 412. The van der Waals surface area contributed by atoms with E-state index < -0.39 is 10.3 Å². The molecular formula is C23H50ClNO3S. The Labute approximate surface area is 188 Å². The molecule has 0 aliphatic rings. The smallest absolute Gasteiger partial charge is 0.429 e. The van der Waals surface area contributed by atoms with Gasteiger partial charge in [-0.1, -0.05) is 97.8 Å². The van der Waals surface area contributed by atoms with E-state index in [0.29, 0.717) is 12.0 Å². The second-order valence-corrected chi connectivity index (χ2v) is 10.2. The van der Waals surface area contributed by atoms with Gasteiger partial charge in [0.2, 0.25) is 0 Å². The van der Waals surface area contributed by atoms with Crippen molar-refractivity contribution >= 4 is 10.3 Å². The van der Waals surface area contributed by atoms with E-state index in [2.05, 4.69) is 20.8 Å². The quantitative estimate of drug-likeness (QED) is 0.206. The standard InChI is InChI=1S/C23H49NO3S.ClH/c1-4-7-10-13-18-23(19-14-11-8-5-2,20-15-12-9-6-3)21-16-17-22-24-28(25,26)27;/h24H,4-22H2,1-3H3,(H,25,26,27);1H. The highest BCUT2D eigenvalue weighted by Gasteiger charge is 2.28. The fourth-order valence-corrected chi connectivity index (χ4v) is 4.87. The molecule has 0 aromatic carbocycles. The van der Waals surface area contributed by atoms with Crippen LogP contribution in [0.15, 0.2) is 0 Å². The molecule has 0 rings (SSSR count). The molecule has 0 aliphatic carbocycles. The largest absolute Gasteiger partial charge is 1.00 e. The van der Waals surface area contributed by atoms with Gasteiger partial charge < -0.3 is 12.4 Å². The normalized spacial score (nSPS) is 12.1. The van der Waals surface area contributed by atoms with Crippen molar-refractivity contribution in [3.8, 4) is 0 Å². The Morgan fingerprint density at radius 2 is 0.966 bits per heavy atom. The summed E-state index contributed by atoms with van der Waals surface area (Å²) in [5.74, 6) is 0. The number of rotatable bonds is 21. The van der Waals surface area contributed by atoms with Crippen LogP contribution in [0.5, 0.6) is 0 Å². The van der Waals surface area contributed by atoms with Crippen LogP contribution in [0, 0.1) is 5.41 Å². The summed E-state index contributed by atoms with van der Waals surface area (Å²) in [7, 11) is -3.93. The molecule has 0 saturated heterocycles. The first-order valence-electron chi connectivity index (χ1n) is 12.2. The molecule has 0 fully saturated rings. The number of halogens is 1. The van der Waals surface area contributed by atoms with E-state index in [1.165, 1.54) is 103 Å². The first-order chi connectivity index (χ1) is 13.4. The summed E-state index contributed by atoms with van der Waals surface area (Å²) in [4.78, 5) is 0. The Morgan fingerprint density at radius 1 is 0.621 bits per heavy atom. The lowest BCUT2D eigenvalue weighted by Gasteiger charge is -2.35. The maximum Gasteiger partial charge on any atom is 0.429 e. The van der Waals surface area contributed by atoms with Crippen LogP contribution in [-0.2, 0) is 10.3 Å². The Balaban J connectivity index is 0. The van der Waals surface area contributed by atoms with Crippen LogP contribution in [0.1, 0.15) is 136 Å². The van der Waals surface area contributed by atoms with Crippen LogP contribution in [0.4, 0.5) is 0 Å². The van der Waals surface area contributed by atoms with Gasteiger partial charge in [0.1, 0.15) is 0 Å². The van der Waals surface area contributed by atoms with Gasteiger partial charge in [-0.05, 0) is 43.9 Å². The van der Waals surface area contributed by atoms with Gasteiger partial charge in [-0.15, -0.1) is 8.42 Å². The van der Waals surface area contributed by atoms with Gasteiger partial charge in [-0.2, -0.15) is 0 Å². The zero-order valence-electron chi connectivity index (χ0n) is 19.6. The van der Waals surface area contributed by atoms with E-state index in [1.807, 2.05) is 0 Å². The summed E-state index contributed by atoms with van der Waals surface area (Å²) >= 11 is 0. The Kier molecular flexibility index (Phi) is 21.7. The van der Waals surface area contributed by atoms with E-state index in [0.717, 1.165) is 17.6 Å². The van der Waals surface area contributed by atoms with Gasteiger partial charge in [-0.3, -0.25) is 0 Å². The zero-order chi connectivity index (χ0) is 21.1. The average Bonchev–Trinajstić information content (AvgIpc) is 2.64. The summed E-state index contributed by atoms with van der Waals surface area (Å²) in [5.41, 5.74) is 0.452. The van der Waals surface area contributed by atoms with E-state index in [4.69, 9.17) is 4.55 Å². The van der Waals surface area contributed by atoms with Gasteiger partial charge in [-0.25, -0.2) is 9.27 Å². The van der Waals surface area contributed by atoms with Crippen molar-refractivity contribution in [2.75, 3.05) is 6.54 Å². The van der Waals surface area contributed by atoms with Crippen molar-refractivity contribution in [3.63, 3.8) is 0 Å². The number of quaternary nitrogens is 1. The topological polar surface area (TPSA) is 71.0 Å². The summed E-state index contributed by atoms with van der Waals surface area (Å²) in [6.45, 7) is 7.29. The lowest BCUT2D eigenvalue weighted by molar-refractivity contribution is -0.505. The average molecular weight is 456 g/mol. The second kappa shape index (κ2) is 20.1. The van der Waals surface area contributed by atoms with Gasteiger partial charge in [0.05, 0.1) is 6.54 Å². The molecule has 178 valence electrons. The molecule has 0 aromatic rings. The molecule has 0 unspecified atom stereocenters. The van der Waals surface area contributed by atoms with Gasteiger partial charge in [0.25, 0.3) is 0 Å². The Morgan fingerprint density at radius 3 is 1.28 bits per heavy atom. The fourth-order valence-electron chi connectivity index (χ4n) is 4.41. The molecule has 4 nitrogen and oxygen atoms in total. The minimum atomic E-state index is -3.93. The molecule has 6 heteroatoms. The van der Waals surface area contributed by atoms with Crippen molar-refractivity contribution in [1.82, 2.24) is 0 Å². The van der Waals surface area contributed by atoms with E-state index >= 15 is 0 Å². The van der Waals surface area contributed by atoms with Crippen molar-refractivity contribution < 1.29 is 30.1 Å². The minimum Gasteiger partial charge on any atom is -1.00 e. The summed E-state index contributed by atoms with van der Waals surface area (Å²) in [6, 6.07) is 0. The molecule has 0 radical (unpaired) electrons. The van der Waals surface area contributed by atoms with Crippen LogP contribution < -0.4 is 17.1 Å². The van der Waals surface area contributed by atoms with Crippen LogP contribution in [0.3, 0.4) is 0 Å². The monoisotopic (exact) mass is 455 g/mol. The molecule has 0 atom stereocenters. The molecular weight excluding hydrogens is 406 g/mol. The van der Waals surface area contributed by atoms with E-state index in [1.54, 1.807) is 0 Å². The first-order valence-corrected chi connectivity index (χ1v) is 13.7. The Hall–Kier alpha value is 0.160. The van der Waals surface area contributed by atoms with Crippen molar-refractivity contribution in [2.24, 2.45) is 5.41 Å². The SMILES string of the molecule is CCCCCCC(CCCCCC)(CCCCCC)CCCC[NH2+]S(=O)(=O)O.[Cl-]. The van der Waals surface area contributed by atoms with Crippen molar-refractivity contribution in [1.29, 1.82) is 0 Å². The van der Waals surface area contributed by atoms with Crippen molar-refractivity contribution in [2.45, 2.75) is 136 Å². The summed E-state index contributed by atoms with van der Waals surface area (Å²) in [5, 5.41) is 0. The number of unbranched alkanes of at least 4 members (excludes halogenated alkanes) is 10. The number of nitrogens with two attached hydrogens (primary N) is 1. The third-order valence-corrected chi connectivity index (χ3v) is 6.83. The fraction of sp³-hybridized carbons (Fsp3) is 1.00. The summed E-state index contributed by atoms with van der Waals surface area (Å²) in [6.07, 6.45) is 23.1. The molecule has 29 heavy (non-hydrogen) atoms. The minimum absolute atomic E-state index is 0. The number of hydrogen-bond acceptors (Lipinski definition) is 2. The maximum atomic E-state index is 10.9. The highest BCUT2D eigenvalue weighted by Crippen LogP contribution is 2.41. The van der Waals surface area contributed by atoms with Crippen LogP contribution in [-0.4, -0.2) is 19.5 Å². The third kappa shape index (κ3) is 19.8. The predicted octanol–water partition coefficient (Wildman–Crippen LogP) is 3.42. The van der Waals surface area contributed by atoms with Gasteiger partial charge in [0, 0.05) is 0 Å². The molecule has 3 N–H and O–H groups in total. The van der Waals surface area contributed by atoms with Gasteiger partial charge >= 0.3 is 10.3 Å². The summed E-state index contributed by atoms with van der Waals surface area (Å²) < 4.78 is 31.8. The van der Waals surface area contributed by atoms with Gasteiger partial charge in [0.15, 0.2) is 0 Å². The molecule has 0 saturated carbocycles. The molecule has 0 spiro atoms. The molecule has 0 heterocycles. The highest BCUT2D eigenvalue weighted by molar-refractivity contribution is 7.78. The van der Waals surface area contributed by atoms with Crippen LogP contribution >= 0.6 is 0 Å². The van der Waals surface area contributed by atoms with E-state index in [-0.39, 0.29) is 12.4 Å². The molecule has 0 aromatic heterocycles. The molecule has 0 amide bonds. The zero-order valence-corrected chi connectivity index (χ0v) is 21.1. The van der Waals surface area contributed by atoms with Crippen LogP contribution in [0.2, 0.25) is 0 Å². The van der Waals surface area contributed by atoms with Crippen molar-refractivity contribution in [3.05, 3.63) is 0 Å². The lowest BCUT2D eigenvalue weighted by Crippen LogP contribution is -3.00.